The quantitative estimate of drug-likeness (QED) is 0.441. The summed E-state index contributed by atoms with van der Waals surface area (Å²) in [5.41, 5.74) is 0.0731. The number of nitrogens with zero attached hydrogens (tertiary/aromatic N) is 1. The third kappa shape index (κ3) is 5.34. The van der Waals surface area contributed by atoms with Crippen LogP contribution in [0.2, 0.25) is 0 Å². The number of carbonyl (C=O) groups excluding carboxylic acids is 2. The summed E-state index contributed by atoms with van der Waals surface area (Å²) in [7, 11) is 1.32. The van der Waals surface area contributed by atoms with Crippen molar-refractivity contribution in [3.8, 4) is 5.75 Å². The fourth-order valence-corrected chi connectivity index (χ4v) is 1.98. The highest BCUT2D eigenvalue weighted by atomic mass is 16.6. The number of esters is 1. The first-order chi connectivity index (χ1) is 12.0. The number of anilines is 1. The van der Waals surface area contributed by atoms with E-state index in [4.69, 9.17) is 13.9 Å². The predicted octanol–water partition coefficient (Wildman–Crippen LogP) is 2.31. The molecule has 0 fully saturated rings. The standard InChI is InChI=1S/C16H16N2O7/c1-23-14-9-11(18(21)22)4-6-13(14)17-15(19)10-25-16(20)7-5-12-3-2-8-24-12/h2-4,6,8-9H,5,7,10H2,1H3,(H,17,19). The van der Waals surface area contributed by atoms with Crippen molar-refractivity contribution in [3.05, 3.63) is 52.5 Å². The highest BCUT2D eigenvalue weighted by molar-refractivity contribution is 5.94. The molecular formula is C16H16N2O7. The van der Waals surface area contributed by atoms with E-state index in [1.165, 1.54) is 31.6 Å². The van der Waals surface area contributed by atoms with Crippen molar-refractivity contribution in [1.29, 1.82) is 0 Å². The Morgan fingerprint density at radius 3 is 2.76 bits per heavy atom. The van der Waals surface area contributed by atoms with Crippen LogP contribution in [-0.2, 0) is 20.7 Å². The van der Waals surface area contributed by atoms with E-state index in [9.17, 15) is 19.7 Å². The Labute approximate surface area is 142 Å². The molecule has 0 spiro atoms. The Kier molecular flexibility index (Phi) is 6.10. The van der Waals surface area contributed by atoms with Crippen molar-refractivity contribution in [2.45, 2.75) is 12.8 Å². The topological polar surface area (TPSA) is 121 Å². The van der Waals surface area contributed by atoms with Gasteiger partial charge in [0.2, 0.25) is 0 Å². The fourth-order valence-electron chi connectivity index (χ4n) is 1.98. The van der Waals surface area contributed by atoms with Crippen molar-refractivity contribution in [2.75, 3.05) is 19.0 Å². The zero-order valence-corrected chi connectivity index (χ0v) is 13.4. The Morgan fingerprint density at radius 1 is 1.32 bits per heavy atom. The molecule has 1 N–H and O–H groups in total. The van der Waals surface area contributed by atoms with Crippen molar-refractivity contribution >= 4 is 23.3 Å². The van der Waals surface area contributed by atoms with Crippen LogP contribution in [0.25, 0.3) is 0 Å². The number of nitro benzene ring substituents is 1. The summed E-state index contributed by atoms with van der Waals surface area (Å²) in [6.45, 7) is -0.475. The summed E-state index contributed by atoms with van der Waals surface area (Å²) in [4.78, 5) is 33.6. The molecule has 2 rings (SSSR count). The monoisotopic (exact) mass is 348 g/mol. The number of non-ortho nitro benzene ring substituents is 1. The van der Waals surface area contributed by atoms with E-state index in [0.717, 1.165) is 0 Å². The SMILES string of the molecule is COc1cc([N+](=O)[O-])ccc1NC(=O)COC(=O)CCc1ccco1. The summed E-state index contributed by atoms with van der Waals surface area (Å²) < 4.78 is 15.0. The number of carbonyl (C=O) groups is 2. The van der Waals surface area contributed by atoms with Crippen LogP contribution in [0.4, 0.5) is 11.4 Å². The second-order valence-corrected chi connectivity index (χ2v) is 4.93. The smallest absolute Gasteiger partial charge is 0.306 e. The molecule has 0 aliphatic carbocycles. The van der Waals surface area contributed by atoms with Gasteiger partial charge in [-0.1, -0.05) is 0 Å². The zero-order chi connectivity index (χ0) is 18.2. The van der Waals surface area contributed by atoms with Crippen molar-refractivity contribution in [3.63, 3.8) is 0 Å². The second-order valence-electron chi connectivity index (χ2n) is 4.93. The first-order valence-corrected chi connectivity index (χ1v) is 7.30. The average molecular weight is 348 g/mol. The van der Waals surface area contributed by atoms with Gasteiger partial charge in [-0.15, -0.1) is 0 Å². The van der Waals surface area contributed by atoms with E-state index >= 15 is 0 Å². The first kappa shape index (κ1) is 18.0. The van der Waals surface area contributed by atoms with Crippen LogP contribution >= 0.6 is 0 Å². The minimum absolute atomic E-state index is 0.0850. The van der Waals surface area contributed by atoms with Crippen LogP contribution in [0.3, 0.4) is 0 Å². The van der Waals surface area contributed by atoms with Crippen molar-refractivity contribution in [2.24, 2.45) is 0 Å². The number of methoxy groups -OCH3 is 1. The lowest BCUT2D eigenvalue weighted by Crippen LogP contribution is -2.21. The second kappa shape index (κ2) is 8.48. The first-order valence-electron chi connectivity index (χ1n) is 7.30. The van der Waals surface area contributed by atoms with Gasteiger partial charge in [0.05, 0.1) is 36.5 Å². The highest BCUT2D eigenvalue weighted by Gasteiger charge is 2.14. The van der Waals surface area contributed by atoms with Gasteiger partial charge in [-0.2, -0.15) is 0 Å². The molecule has 2 aromatic rings. The maximum atomic E-state index is 11.8. The number of aryl methyl sites for hydroxylation is 1. The summed E-state index contributed by atoms with van der Waals surface area (Å²) in [5, 5.41) is 13.2. The van der Waals surface area contributed by atoms with E-state index in [0.29, 0.717) is 12.2 Å². The molecule has 0 aliphatic heterocycles. The predicted molar refractivity (Wildman–Crippen MR) is 86.3 cm³/mol. The van der Waals surface area contributed by atoms with Gasteiger partial charge < -0.3 is 19.2 Å². The average Bonchev–Trinajstić information content (AvgIpc) is 3.11. The maximum Gasteiger partial charge on any atom is 0.306 e. The normalized spacial score (nSPS) is 10.1. The van der Waals surface area contributed by atoms with Crippen LogP contribution in [0.5, 0.6) is 5.75 Å². The zero-order valence-electron chi connectivity index (χ0n) is 13.4. The third-order valence-corrected chi connectivity index (χ3v) is 3.19. The molecule has 132 valence electrons. The number of nitro groups is 1. The Balaban J connectivity index is 1.83. The molecule has 0 saturated heterocycles. The highest BCUT2D eigenvalue weighted by Crippen LogP contribution is 2.28. The number of hydrogen-bond donors (Lipinski definition) is 1. The van der Waals surface area contributed by atoms with Gasteiger partial charge in [0.25, 0.3) is 11.6 Å². The van der Waals surface area contributed by atoms with E-state index in [1.807, 2.05) is 0 Å². The Hall–Kier alpha value is -3.36. The van der Waals surface area contributed by atoms with Crippen molar-refractivity contribution < 1.29 is 28.4 Å². The van der Waals surface area contributed by atoms with Crippen molar-refractivity contribution in [1.82, 2.24) is 0 Å². The van der Waals surface area contributed by atoms with Crippen LogP contribution < -0.4 is 10.1 Å². The van der Waals surface area contributed by atoms with E-state index < -0.39 is 23.4 Å². The van der Waals surface area contributed by atoms with Gasteiger partial charge in [0.1, 0.15) is 11.5 Å². The Morgan fingerprint density at radius 2 is 2.12 bits per heavy atom. The van der Waals surface area contributed by atoms with Gasteiger partial charge in [0.15, 0.2) is 6.61 Å². The summed E-state index contributed by atoms with van der Waals surface area (Å²) in [6.07, 6.45) is 1.97. The largest absolute Gasteiger partial charge is 0.494 e. The molecule has 0 atom stereocenters. The molecule has 0 saturated carbocycles. The number of ether oxygens (including phenoxy) is 2. The van der Waals surface area contributed by atoms with Gasteiger partial charge in [-0.25, -0.2) is 0 Å². The summed E-state index contributed by atoms with van der Waals surface area (Å²) in [5.74, 6) is -0.343. The Bertz CT molecular complexity index is 756. The molecule has 0 aliphatic rings. The van der Waals surface area contributed by atoms with Crippen LogP contribution in [-0.4, -0.2) is 30.5 Å². The lowest BCUT2D eigenvalue weighted by atomic mass is 10.2. The lowest BCUT2D eigenvalue weighted by molar-refractivity contribution is -0.384. The molecule has 0 unspecified atom stereocenters. The minimum atomic E-state index is -0.585. The molecule has 9 heteroatoms. The number of hydrogen-bond acceptors (Lipinski definition) is 7. The maximum absolute atomic E-state index is 11.8. The number of amides is 1. The molecule has 0 bridgehead atoms. The van der Waals surface area contributed by atoms with Crippen LogP contribution in [0.15, 0.2) is 41.0 Å². The molecular weight excluding hydrogens is 332 g/mol. The van der Waals surface area contributed by atoms with E-state index in [2.05, 4.69) is 5.32 Å². The molecule has 1 aromatic heterocycles. The number of furan rings is 1. The molecule has 9 nitrogen and oxygen atoms in total. The van der Waals surface area contributed by atoms with Gasteiger partial charge >= 0.3 is 5.97 Å². The minimum Gasteiger partial charge on any atom is -0.494 e. The molecule has 25 heavy (non-hydrogen) atoms. The van der Waals surface area contributed by atoms with E-state index in [1.54, 1.807) is 12.1 Å². The third-order valence-electron chi connectivity index (χ3n) is 3.19. The van der Waals surface area contributed by atoms with Gasteiger partial charge in [-0.3, -0.25) is 19.7 Å². The van der Waals surface area contributed by atoms with Crippen LogP contribution in [0.1, 0.15) is 12.2 Å². The molecule has 1 heterocycles. The lowest BCUT2D eigenvalue weighted by Gasteiger charge is -2.10. The summed E-state index contributed by atoms with van der Waals surface area (Å²) >= 11 is 0. The number of nitrogens with one attached hydrogen (secondary N) is 1. The molecule has 1 amide bonds. The number of benzene rings is 1. The molecule has 0 radical (unpaired) electrons. The fraction of sp³-hybridized carbons (Fsp3) is 0.250. The van der Waals surface area contributed by atoms with Gasteiger partial charge in [0, 0.05) is 12.5 Å². The molecule has 1 aromatic carbocycles. The van der Waals surface area contributed by atoms with Gasteiger partial charge in [-0.05, 0) is 18.2 Å². The number of rotatable bonds is 8. The van der Waals surface area contributed by atoms with E-state index in [-0.39, 0.29) is 23.5 Å². The summed E-state index contributed by atoms with van der Waals surface area (Å²) in [6, 6.07) is 7.21. The van der Waals surface area contributed by atoms with Crippen LogP contribution in [0, 0.1) is 10.1 Å².